The van der Waals surface area contributed by atoms with Crippen LogP contribution in [-0.4, -0.2) is 31.1 Å². The molecule has 1 aromatic rings. The lowest BCUT2D eigenvalue weighted by Crippen LogP contribution is -2.39. The first kappa shape index (κ1) is 18.4. The lowest BCUT2D eigenvalue weighted by molar-refractivity contribution is -0.259. The van der Waals surface area contributed by atoms with Gasteiger partial charge in [0.2, 0.25) is 5.75 Å². The maximum atomic E-state index is 13.1. The first-order valence-electron chi connectivity index (χ1n) is 7.05. The summed E-state index contributed by atoms with van der Waals surface area (Å²) in [7, 11) is 0. The highest BCUT2D eigenvalue weighted by Crippen LogP contribution is 2.48. The van der Waals surface area contributed by atoms with Gasteiger partial charge in [-0.3, -0.25) is 0 Å². The topological polar surface area (TPSA) is 47.9 Å². The van der Waals surface area contributed by atoms with Crippen molar-refractivity contribution in [1.29, 1.82) is 0 Å². The Bertz CT molecular complexity index is 498. The van der Waals surface area contributed by atoms with Crippen LogP contribution in [0.1, 0.15) is 33.3 Å². The highest BCUT2D eigenvalue weighted by Gasteiger charge is 2.53. The molecule has 0 aliphatic heterocycles. The summed E-state index contributed by atoms with van der Waals surface area (Å²) in [5.41, 5.74) is -3.47. The molecule has 126 valence electrons. The summed E-state index contributed by atoms with van der Waals surface area (Å²) in [6, 6.07) is 2.48. The normalized spacial score (nSPS) is 14.4. The Morgan fingerprint density at radius 3 is 1.86 bits per heavy atom. The number of aliphatic hydroxyl groups is 1. The predicted octanol–water partition coefficient (Wildman–Crippen LogP) is 3.65. The van der Waals surface area contributed by atoms with Crippen LogP contribution in [0.15, 0.2) is 12.1 Å². The number of alkyl halides is 3. The second-order valence-electron chi connectivity index (χ2n) is 4.64. The Morgan fingerprint density at radius 2 is 1.41 bits per heavy atom. The third-order valence-corrected chi connectivity index (χ3v) is 3.03. The quantitative estimate of drug-likeness (QED) is 0.832. The van der Waals surface area contributed by atoms with Gasteiger partial charge in [-0.25, -0.2) is 0 Å². The fourth-order valence-corrected chi connectivity index (χ4v) is 1.92. The van der Waals surface area contributed by atoms with Gasteiger partial charge in [0.05, 0.1) is 19.8 Å². The first-order valence-corrected chi connectivity index (χ1v) is 7.05. The van der Waals surface area contributed by atoms with Crippen molar-refractivity contribution in [2.24, 2.45) is 0 Å². The molecular formula is C15H21F3O4. The Hall–Kier alpha value is -1.63. The van der Waals surface area contributed by atoms with Gasteiger partial charge in [0.15, 0.2) is 17.1 Å². The molecule has 0 saturated carbocycles. The van der Waals surface area contributed by atoms with Crippen molar-refractivity contribution >= 4 is 0 Å². The van der Waals surface area contributed by atoms with E-state index in [2.05, 4.69) is 0 Å². The van der Waals surface area contributed by atoms with E-state index in [1.54, 1.807) is 20.8 Å². The molecule has 0 bridgehead atoms. The van der Waals surface area contributed by atoms with Crippen LogP contribution in [0.25, 0.3) is 0 Å². The zero-order valence-corrected chi connectivity index (χ0v) is 13.1. The standard InChI is InChI=1S/C15H21F3O4/c1-5-20-11-9-8-10(14(4,19)15(16,17)18)12(21-6-2)13(11)22-7-3/h8-9,19H,5-7H2,1-4H3. The number of halogens is 3. The molecule has 0 saturated heterocycles. The van der Waals surface area contributed by atoms with Crippen LogP contribution < -0.4 is 14.2 Å². The SMILES string of the molecule is CCOc1ccc(C(C)(O)C(F)(F)F)c(OCC)c1OCC. The van der Waals surface area contributed by atoms with Crippen LogP contribution in [0.4, 0.5) is 13.2 Å². The van der Waals surface area contributed by atoms with Crippen LogP contribution in [-0.2, 0) is 5.60 Å². The van der Waals surface area contributed by atoms with Crippen molar-refractivity contribution in [3.8, 4) is 17.2 Å². The molecule has 0 heterocycles. The van der Waals surface area contributed by atoms with Gasteiger partial charge in [0, 0.05) is 5.56 Å². The van der Waals surface area contributed by atoms with E-state index in [1.807, 2.05) is 0 Å². The van der Waals surface area contributed by atoms with E-state index in [-0.39, 0.29) is 30.5 Å². The molecule has 0 radical (unpaired) electrons. The molecule has 0 aliphatic rings. The van der Waals surface area contributed by atoms with Gasteiger partial charge in [-0.05, 0) is 39.8 Å². The zero-order chi connectivity index (χ0) is 17.0. The van der Waals surface area contributed by atoms with E-state index in [4.69, 9.17) is 14.2 Å². The van der Waals surface area contributed by atoms with Crippen molar-refractivity contribution in [3.05, 3.63) is 17.7 Å². The minimum absolute atomic E-state index is 0.0632. The summed E-state index contributed by atoms with van der Waals surface area (Å²) in [6.45, 7) is 6.42. The average molecular weight is 322 g/mol. The molecule has 1 aromatic carbocycles. The van der Waals surface area contributed by atoms with Crippen molar-refractivity contribution in [3.63, 3.8) is 0 Å². The monoisotopic (exact) mass is 322 g/mol. The van der Waals surface area contributed by atoms with E-state index in [9.17, 15) is 18.3 Å². The van der Waals surface area contributed by atoms with Crippen LogP contribution in [0.3, 0.4) is 0 Å². The molecule has 22 heavy (non-hydrogen) atoms. The fraction of sp³-hybridized carbons (Fsp3) is 0.600. The molecule has 0 aliphatic carbocycles. The summed E-state index contributed by atoms with van der Waals surface area (Å²) in [5.74, 6) is 0.181. The summed E-state index contributed by atoms with van der Waals surface area (Å²) < 4.78 is 55.5. The van der Waals surface area contributed by atoms with Gasteiger partial charge in [-0.1, -0.05) is 0 Å². The molecule has 1 N–H and O–H groups in total. The largest absolute Gasteiger partial charge is 0.490 e. The Morgan fingerprint density at radius 1 is 0.909 bits per heavy atom. The molecule has 7 heteroatoms. The number of hydrogen-bond acceptors (Lipinski definition) is 4. The lowest BCUT2D eigenvalue weighted by Gasteiger charge is -2.29. The highest BCUT2D eigenvalue weighted by atomic mass is 19.4. The van der Waals surface area contributed by atoms with E-state index < -0.39 is 17.3 Å². The highest BCUT2D eigenvalue weighted by molar-refractivity contribution is 5.57. The molecule has 4 nitrogen and oxygen atoms in total. The van der Waals surface area contributed by atoms with Gasteiger partial charge in [-0.2, -0.15) is 13.2 Å². The first-order chi connectivity index (χ1) is 10.2. The van der Waals surface area contributed by atoms with Gasteiger partial charge >= 0.3 is 6.18 Å². The zero-order valence-electron chi connectivity index (χ0n) is 13.1. The van der Waals surface area contributed by atoms with Gasteiger partial charge in [-0.15, -0.1) is 0 Å². The Labute approximate surface area is 127 Å². The van der Waals surface area contributed by atoms with E-state index in [0.717, 1.165) is 6.07 Å². The van der Waals surface area contributed by atoms with E-state index in [1.165, 1.54) is 6.07 Å². The molecule has 0 fully saturated rings. The average Bonchev–Trinajstić information content (AvgIpc) is 2.41. The molecular weight excluding hydrogens is 301 g/mol. The van der Waals surface area contributed by atoms with Crippen LogP contribution >= 0.6 is 0 Å². The summed E-state index contributed by atoms with van der Waals surface area (Å²) in [4.78, 5) is 0. The van der Waals surface area contributed by atoms with Gasteiger partial charge in [0.25, 0.3) is 0 Å². The molecule has 0 aromatic heterocycles. The lowest BCUT2D eigenvalue weighted by atomic mass is 9.93. The number of rotatable bonds is 7. The second-order valence-corrected chi connectivity index (χ2v) is 4.64. The molecule has 1 unspecified atom stereocenters. The molecule has 1 atom stereocenters. The third kappa shape index (κ3) is 3.58. The van der Waals surface area contributed by atoms with E-state index >= 15 is 0 Å². The fourth-order valence-electron chi connectivity index (χ4n) is 1.92. The Kier molecular flexibility index (Phi) is 5.93. The number of ether oxygens (including phenoxy) is 3. The minimum atomic E-state index is -4.85. The van der Waals surface area contributed by atoms with E-state index in [0.29, 0.717) is 13.5 Å². The van der Waals surface area contributed by atoms with Crippen molar-refractivity contribution in [1.82, 2.24) is 0 Å². The van der Waals surface area contributed by atoms with Crippen LogP contribution in [0.5, 0.6) is 17.2 Å². The molecule has 1 rings (SSSR count). The summed E-state index contributed by atoms with van der Waals surface area (Å²) in [5, 5.41) is 9.94. The van der Waals surface area contributed by atoms with Crippen molar-refractivity contribution in [2.75, 3.05) is 19.8 Å². The summed E-state index contributed by atoms with van der Waals surface area (Å²) >= 11 is 0. The van der Waals surface area contributed by atoms with Gasteiger partial charge in [0.1, 0.15) is 0 Å². The smallest absolute Gasteiger partial charge is 0.421 e. The second kappa shape index (κ2) is 7.09. The predicted molar refractivity (Wildman–Crippen MR) is 75.6 cm³/mol. The Balaban J connectivity index is 3.55. The van der Waals surface area contributed by atoms with Crippen molar-refractivity contribution < 1.29 is 32.5 Å². The van der Waals surface area contributed by atoms with Gasteiger partial charge < -0.3 is 19.3 Å². The summed E-state index contributed by atoms with van der Waals surface area (Å²) in [6.07, 6.45) is -4.85. The third-order valence-electron chi connectivity index (χ3n) is 3.03. The minimum Gasteiger partial charge on any atom is -0.490 e. The van der Waals surface area contributed by atoms with Crippen LogP contribution in [0.2, 0.25) is 0 Å². The van der Waals surface area contributed by atoms with Crippen molar-refractivity contribution in [2.45, 2.75) is 39.5 Å². The number of hydrogen-bond donors (Lipinski definition) is 1. The maximum absolute atomic E-state index is 13.1. The maximum Gasteiger partial charge on any atom is 0.421 e. The number of benzene rings is 1. The molecule has 0 spiro atoms. The van der Waals surface area contributed by atoms with Crippen LogP contribution in [0, 0.1) is 0 Å². The molecule has 0 amide bonds.